The number of rotatable bonds is 6. The number of hydroxylamine groups is 1. The molecule has 0 rings (SSSR count). The lowest BCUT2D eigenvalue weighted by molar-refractivity contribution is -0.127. The molecule has 4 N–H and O–H groups in total. The molecule has 7 nitrogen and oxygen atoms in total. The Bertz CT molecular complexity index is 250. The van der Waals surface area contributed by atoms with Gasteiger partial charge in [0, 0.05) is 6.42 Å². The van der Waals surface area contributed by atoms with Crippen LogP contribution in [-0.4, -0.2) is 25.4 Å². The molecule has 13 heavy (non-hydrogen) atoms. The molecule has 0 aliphatic heterocycles. The fourth-order valence-corrected chi connectivity index (χ4v) is 0.778. The second kappa shape index (κ2) is 5.86. The van der Waals surface area contributed by atoms with Crippen LogP contribution in [-0.2, 0) is 19.5 Å². The Balaban J connectivity index is 3.53. The van der Waals surface area contributed by atoms with Gasteiger partial charge in [-0.05, 0) is 19.4 Å². The average molecular weight is 212 g/mol. The molecule has 0 aliphatic rings. The summed E-state index contributed by atoms with van der Waals surface area (Å²) < 4.78 is 31.6. The Morgan fingerprint density at radius 1 is 1.46 bits per heavy atom. The first-order valence-electron chi connectivity index (χ1n) is 3.60. The lowest BCUT2D eigenvalue weighted by Crippen LogP contribution is -2.26. The van der Waals surface area contributed by atoms with Crippen molar-refractivity contribution in [3.05, 3.63) is 0 Å². The third-order valence-corrected chi connectivity index (χ3v) is 1.41. The van der Waals surface area contributed by atoms with Gasteiger partial charge in [-0.25, -0.2) is 5.48 Å². The summed E-state index contributed by atoms with van der Waals surface area (Å²) in [7, 11) is -4.61. The van der Waals surface area contributed by atoms with Crippen molar-refractivity contribution < 1.29 is 22.0 Å². The quantitative estimate of drug-likeness (QED) is 0.294. The Morgan fingerprint density at radius 3 is 2.54 bits per heavy atom. The predicted molar refractivity (Wildman–Crippen MR) is 43.7 cm³/mol. The Hall–Kier alpha value is -0.700. The molecule has 0 atom stereocenters. The predicted octanol–water partition coefficient (Wildman–Crippen LogP) is -1.03. The zero-order chi connectivity index (χ0) is 10.3. The van der Waals surface area contributed by atoms with Gasteiger partial charge in [-0.15, -0.1) is 4.28 Å². The summed E-state index contributed by atoms with van der Waals surface area (Å²) in [4.78, 5) is 10.7. The van der Waals surface area contributed by atoms with Crippen LogP contribution in [0.2, 0.25) is 0 Å². The van der Waals surface area contributed by atoms with E-state index >= 15 is 0 Å². The van der Waals surface area contributed by atoms with Gasteiger partial charge in [0.1, 0.15) is 0 Å². The van der Waals surface area contributed by atoms with Gasteiger partial charge >= 0.3 is 10.4 Å². The van der Waals surface area contributed by atoms with Crippen LogP contribution in [0.5, 0.6) is 0 Å². The van der Waals surface area contributed by atoms with Gasteiger partial charge in [0.15, 0.2) is 0 Å². The van der Waals surface area contributed by atoms with Crippen molar-refractivity contribution in [2.24, 2.45) is 5.73 Å². The van der Waals surface area contributed by atoms with Crippen LogP contribution in [0.25, 0.3) is 0 Å². The van der Waals surface area contributed by atoms with Crippen LogP contribution in [0.3, 0.4) is 0 Å². The van der Waals surface area contributed by atoms with Crippen LogP contribution < -0.4 is 11.2 Å². The van der Waals surface area contributed by atoms with E-state index in [4.69, 9.17) is 10.3 Å². The molecular weight excluding hydrogens is 200 g/mol. The number of carbonyl (C=O) groups excluding carboxylic acids is 1. The maximum atomic E-state index is 10.7. The summed E-state index contributed by atoms with van der Waals surface area (Å²) in [5, 5.41) is 0. The first kappa shape index (κ1) is 12.3. The smallest absolute Gasteiger partial charge is 0.330 e. The summed E-state index contributed by atoms with van der Waals surface area (Å²) in [6.45, 7) is 0.465. The van der Waals surface area contributed by atoms with Gasteiger partial charge in [0.25, 0.3) is 0 Å². The van der Waals surface area contributed by atoms with E-state index in [0.717, 1.165) is 0 Å². The minimum absolute atomic E-state index is 0.104. The van der Waals surface area contributed by atoms with E-state index in [1.807, 2.05) is 0 Å². The summed E-state index contributed by atoms with van der Waals surface area (Å²) in [6.07, 6.45) is 1.31. The summed E-state index contributed by atoms with van der Waals surface area (Å²) in [5.41, 5.74) is 6.72. The number of unbranched alkanes of at least 4 members (excludes halogenated alkanes) is 1. The zero-order valence-electron chi connectivity index (χ0n) is 6.89. The second-order valence-corrected chi connectivity index (χ2v) is 3.30. The minimum Gasteiger partial charge on any atom is -0.330 e. The summed E-state index contributed by atoms with van der Waals surface area (Å²) in [5.74, 6) is -0.619. The maximum Gasteiger partial charge on any atom is 0.418 e. The standard InChI is InChI=1S/C5H12N2O5S/c6-4-2-1-3-5(8)7-12-13(9,10)11/h1-4,6H2,(H,7,8)(H,9,10,11). The highest BCUT2D eigenvalue weighted by atomic mass is 32.3. The molecule has 0 fully saturated rings. The van der Waals surface area contributed by atoms with Gasteiger partial charge in [-0.3, -0.25) is 9.35 Å². The molecule has 0 spiro atoms. The van der Waals surface area contributed by atoms with E-state index in [0.29, 0.717) is 19.4 Å². The van der Waals surface area contributed by atoms with E-state index in [-0.39, 0.29) is 6.42 Å². The Kier molecular flexibility index (Phi) is 5.55. The molecule has 0 unspecified atom stereocenters. The molecule has 0 saturated carbocycles. The average Bonchev–Trinajstić information content (AvgIpc) is 2.00. The number of carbonyl (C=O) groups is 1. The summed E-state index contributed by atoms with van der Waals surface area (Å²) >= 11 is 0. The van der Waals surface area contributed by atoms with Crippen LogP contribution in [0.15, 0.2) is 0 Å². The lowest BCUT2D eigenvalue weighted by Gasteiger charge is -2.01. The van der Waals surface area contributed by atoms with Gasteiger partial charge < -0.3 is 5.73 Å². The highest BCUT2D eigenvalue weighted by molar-refractivity contribution is 7.80. The molecule has 78 valence electrons. The van der Waals surface area contributed by atoms with E-state index in [2.05, 4.69) is 4.28 Å². The second-order valence-electron chi connectivity index (χ2n) is 2.28. The number of amides is 1. The lowest BCUT2D eigenvalue weighted by atomic mass is 10.2. The molecule has 0 heterocycles. The molecule has 0 aromatic rings. The van der Waals surface area contributed by atoms with Gasteiger partial charge in [-0.2, -0.15) is 8.42 Å². The molecular formula is C5H12N2O5S. The monoisotopic (exact) mass is 212 g/mol. The van der Waals surface area contributed by atoms with E-state index in [1.165, 1.54) is 0 Å². The highest BCUT2D eigenvalue weighted by Gasteiger charge is 2.07. The van der Waals surface area contributed by atoms with Crippen molar-refractivity contribution in [1.29, 1.82) is 0 Å². The van der Waals surface area contributed by atoms with Gasteiger partial charge in [-0.1, -0.05) is 0 Å². The van der Waals surface area contributed by atoms with Crippen molar-refractivity contribution in [3.63, 3.8) is 0 Å². The van der Waals surface area contributed by atoms with Crippen molar-refractivity contribution >= 4 is 16.3 Å². The van der Waals surface area contributed by atoms with E-state index in [1.54, 1.807) is 5.48 Å². The molecule has 0 radical (unpaired) electrons. The molecule has 0 saturated heterocycles. The zero-order valence-corrected chi connectivity index (χ0v) is 7.71. The molecule has 0 aliphatic carbocycles. The third-order valence-electron chi connectivity index (χ3n) is 1.12. The van der Waals surface area contributed by atoms with Crippen molar-refractivity contribution in [1.82, 2.24) is 5.48 Å². The number of nitrogens with two attached hydrogens (primary N) is 1. The first-order valence-corrected chi connectivity index (χ1v) is 4.97. The van der Waals surface area contributed by atoms with E-state index < -0.39 is 16.3 Å². The number of hydrogen-bond donors (Lipinski definition) is 3. The van der Waals surface area contributed by atoms with Crippen molar-refractivity contribution in [2.75, 3.05) is 6.54 Å². The first-order chi connectivity index (χ1) is 5.95. The molecule has 0 aromatic heterocycles. The van der Waals surface area contributed by atoms with Crippen molar-refractivity contribution in [2.45, 2.75) is 19.3 Å². The van der Waals surface area contributed by atoms with Crippen molar-refractivity contribution in [3.8, 4) is 0 Å². The number of hydrogen-bond acceptors (Lipinski definition) is 5. The third kappa shape index (κ3) is 9.21. The van der Waals surface area contributed by atoms with Crippen LogP contribution in [0, 0.1) is 0 Å². The van der Waals surface area contributed by atoms with Gasteiger partial charge in [0.05, 0.1) is 0 Å². The SMILES string of the molecule is NCCCCC(=O)NOS(=O)(=O)O. The largest absolute Gasteiger partial charge is 0.418 e. The fraction of sp³-hybridized carbons (Fsp3) is 0.800. The Morgan fingerprint density at radius 2 is 2.08 bits per heavy atom. The van der Waals surface area contributed by atoms with Crippen LogP contribution in [0.1, 0.15) is 19.3 Å². The molecule has 8 heteroatoms. The van der Waals surface area contributed by atoms with Crippen LogP contribution in [0.4, 0.5) is 0 Å². The highest BCUT2D eigenvalue weighted by Crippen LogP contribution is 1.93. The summed E-state index contributed by atoms with van der Waals surface area (Å²) in [6, 6.07) is 0. The van der Waals surface area contributed by atoms with E-state index in [9.17, 15) is 13.2 Å². The van der Waals surface area contributed by atoms with Gasteiger partial charge in [0.2, 0.25) is 5.91 Å². The maximum absolute atomic E-state index is 10.7. The Labute approximate surface area is 76.2 Å². The fourth-order valence-electron chi connectivity index (χ4n) is 0.580. The molecule has 1 amide bonds. The molecule has 0 aromatic carbocycles. The van der Waals surface area contributed by atoms with Crippen LogP contribution >= 0.6 is 0 Å². The number of nitrogens with one attached hydrogen (secondary N) is 1. The normalized spacial score (nSPS) is 11.2. The molecule has 0 bridgehead atoms. The topological polar surface area (TPSA) is 119 Å². The minimum atomic E-state index is -4.61.